The van der Waals surface area contributed by atoms with E-state index < -0.39 is 0 Å². The second-order valence-electron chi connectivity index (χ2n) is 5.08. The summed E-state index contributed by atoms with van der Waals surface area (Å²) in [5, 5.41) is 0. The molecule has 1 heteroatoms. The SMILES string of the molecule is CCCC1(C2=CCCCC2)CCCC1=O. The van der Waals surface area contributed by atoms with Gasteiger partial charge >= 0.3 is 0 Å². The standard InChI is InChI=1S/C14H22O/c1-2-10-14(11-6-9-13(14)15)12-7-4-3-5-8-12/h7H,2-6,8-11H2,1H3. The zero-order valence-electron chi connectivity index (χ0n) is 9.85. The van der Waals surface area contributed by atoms with Crippen molar-refractivity contribution < 1.29 is 4.79 Å². The summed E-state index contributed by atoms with van der Waals surface area (Å²) in [6.07, 6.45) is 12.7. The van der Waals surface area contributed by atoms with E-state index in [1.165, 1.54) is 31.3 Å². The van der Waals surface area contributed by atoms with Crippen molar-refractivity contribution >= 4 is 5.78 Å². The quantitative estimate of drug-likeness (QED) is 0.637. The van der Waals surface area contributed by atoms with Gasteiger partial charge in [-0.3, -0.25) is 4.79 Å². The van der Waals surface area contributed by atoms with Gasteiger partial charge < -0.3 is 0 Å². The van der Waals surface area contributed by atoms with E-state index in [9.17, 15) is 4.79 Å². The van der Waals surface area contributed by atoms with E-state index in [-0.39, 0.29) is 5.41 Å². The summed E-state index contributed by atoms with van der Waals surface area (Å²) in [5.74, 6) is 0.539. The van der Waals surface area contributed by atoms with Gasteiger partial charge in [0.2, 0.25) is 0 Å². The van der Waals surface area contributed by atoms with Gasteiger partial charge in [-0.15, -0.1) is 0 Å². The molecule has 0 spiro atoms. The van der Waals surface area contributed by atoms with Crippen molar-refractivity contribution in [3.8, 4) is 0 Å². The van der Waals surface area contributed by atoms with Gasteiger partial charge in [0.15, 0.2) is 0 Å². The van der Waals surface area contributed by atoms with Crippen LogP contribution >= 0.6 is 0 Å². The average Bonchev–Trinajstić information content (AvgIpc) is 2.63. The molecule has 1 saturated carbocycles. The molecule has 0 aromatic rings. The third kappa shape index (κ3) is 1.89. The first-order valence-electron chi connectivity index (χ1n) is 6.52. The Labute approximate surface area is 92.9 Å². The Morgan fingerprint density at radius 2 is 2.13 bits per heavy atom. The molecule has 1 nitrogen and oxygen atoms in total. The van der Waals surface area contributed by atoms with Crippen molar-refractivity contribution in [1.29, 1.82) is 0 Å². The van der Waals surface area contributed by atoms with Crippen LogP contribution in [-0.2, 0) is 4.79 Å². The minimum Gasteiger partial charge on any atom is -0.299 e. The van der Waals surface area contributed by atoms with Gasteiger partial charge in [0.1, 0.15) is 5.78 Å². The van der Waals surface area contributed by atoms with Gasteiger partial charge in [-0.2, -0.15) is 0 Å². The number of carbonyl (C=O) groups is 1. The van der Waals surface area contributed by atoms with Crippen molar-refractivity contribution in [3.05, 3.63) is 11.6 Å². The molecule has 0 N–H and O–H groups in total. The number of Topliss-reactive ketones (excluding diaryl/α,β-unsaturated/α-hetero) is 1. The van der Waals surface area contributed by atoms with Crippen LogP contribution in [0, 0.1) is 5.41 Å². The minimum absolute atomic E-state index is 0.00479. The number of hydrogen-bond donors (Lipinski definition) is 0. The second-order valence-corrected chi connectivity index (χ2v) is 5.08. The maximum absolute atomic E-state index is 12.1. The van der Waals surface area contributed by atoms with Crippen LogP contribution in [0.1, 0.15) is 64.7 Å². The second kappa shape index (κ2) is 4.51. The van der Waals surface area contributed by atoms with Crippen LogP contribution in [0.5, 0.6) is 0 Å². The van der Waals surface area contributed by atoms with Crippen LogP contribution in [0.2, 0.25) is 0 Å². The third-order valence-electron chi connectivity index (χ3n) is 4.12. The van der Waals surface area contributed by atoms with Gasteiger partial charge in [-0.1, -0.05) is 25.0 Å². The van der Waals surface area contributed by atoms with Gasteiger partial charge in [0.25, 0.3) is 0 Å². The van der Waals surface area contributed by atoms with Crippen molar-refractivity contribution in [2.45, 2.75) is 64.7 Å². The zero-order valence-corrected chi connectivity index (χ0v) is 9.85. The summed E-state index contributed by atoms with van der Waals surface area (Å²) < 4.78 is 0. The van der Waals surface area contributed by atoms with E-state index in [2.05, 4.69) is 13.0 Å². The molecular formula is C14H22O. The summed E-state index contributed by atoms with van der Waals surface area (Å²) in [6, 6.07) is 0. The molecule has 0 aliphatic heterocycles. The van der Waals surface area contributed by atoms with E-state index in [1.54, 1.807) is 0 Å². The van der Waals surface area contributed by atoms with Gasteiger partial charge in [-0.05, 0) is 44.9 Å². The van der Waals surface area contributed by atoms with E-state index in [0.29, 0.717) is 5.78 Å². The normalized spacial score (nSPS) is 31.8. The highest BCUT2D eigenvalue weighted by Crippen LogP contribution is 2.47. The Morgan fingerprint density at radius 3 is 2.67 bits per heavy atom. The molecule has 84 valence electrons. The highest BCUT2D eigenvalue weighted by atomic mass is 16.1. The Morgan fingerprint density at radius 1 is 1.27 bits per heavy atom. The van der Waals surface area contributed by atoms with Crippen molar-refractivity contribution in [2.24, 2.45) is 5.41 Å². The van der Waals surface area contributed by atoms with Crippen molar-refractivity contribution in [3.63, 3.8) is 0 Å². The molecule has 0 amide bonds. The van der Waals surface area contributed by atoms with E-state index in [0.717, 1.165) is 32.1 Å². The molecule has 0 bridgehead atoms. The number of hydrogen-bond acceptors (Lipinski definition) is 1. The molecule has 0 saturated heterocycles. The van der Waals surface area contributed by atoms with E-state index in [1.807, 2.05) is 0 Å². The van der Waals surface area contributed by atoms with Crippen LogP contribution in [0.4, 0.5) is 0 Å². The topological polar surface area (TPSA) is 17.1 Å². The minimum atomic E-state index is -0.00479. The van der Waals surface area contributed by atoms with Crippen molar-refractivity contribution in [1.82, 2.24) is 0 Å². The summed E-state index contributed by atoms with van der Waals surface area (Å²) >= 11 is 0. The predicted octanol–water partition coefficient (Wildman–Crippen LogP) is 4.03. The average molecular weight is 206 g/mol. The zero-order chi connectivity index (χ0) is 10.7. The maximum atomic E-state index is 12.1. The van der Waals surface area contributed by atoms with Crippen LogP contribution in [0.3, 0.4) is 0 Å². The van der Waals surface area contributed by atoms with E-state index in [4.69, 9.17) is 0 Å². The van der Waals surface area contributed by atoms with Crippen LogP contribution in [-0.4, -0.2) is 5.78 Å². The lowest BCUT2D eigenvalue weighted by Gasteiger charge is -2.32. The summed E-state index contributed by atoms with van der Waals surface area (Å²) in [5.41, 5.74) is 1.49. The van der Waals surface area contributed by atoms with Gasteiger partial charge in [0.05, 0.1) is 0 Å². The summed E-state index contributed by atoms with van der Waals surface area (Å²) in [6.45, 7) is 2.21. The molecule has 0 aromatic carbocycles. The Kier molecular flexibility index (Phi) is 3.28. The fourth-order valence-corrected chi connectivity index (χ4v) is 3.39. The molecule has 1 fully saturated rings. The molecule has 1 unspecified atom stereocenters. The molecule has 2 aliphatic carbocycles. The number of ketones is 1. The highest BCUT2D eigenvalue weighted by Gasteiger charge is 2.43. The summed E-state index contributed by atoms with van der Waals surface area (Å²) in [4.78, 5) is 12.1. The largest absolute Gasteiger partial charge is 0.299 e. The lowest BCUT2D eigenvalue weighted by atomic mass is 9.71. The lowest BCUT2D eigenvalue weighted by molar-refractivity contribution is -0.124. The van der Waals surface area contributed by atoms with Gasteiger partial charge in [-0.25, -0.2) is 0 Å². The lowest BCUT2D eigenvalue weighted by Crippen LogP contribution is -2.29. The molecule has 2 aliphatic rings. The number of allylic oxidation sites excluding steroid dienone is 2. The first kappa shape index (κ1) is 10.9. The van der Waals surface area contributed by atoms with E-state index >= 15 is 0 Å². The molecule has 1 atom stereocenters. The molecule has 0 aromatic heterocycles. The Bertz CT molecular complexity index is 277. The first-order valence-corrected chi connectivity index (χ1v) is 6.52. The molecule has 0 radical (unpaired) electrons. The fraction of sp³-hybridized carbons (Fsp3) is 0.786. The molecule has 2 rings (SSSR count). The van der Waals surface area contributed by atoms with Crippen LogP contribution in [0.15, 0.2) is 11.6 Å². The summed E-state index contributed by atoms with van der Waals surface area (Å²) in [7, 11) is 0. The van der Waals surface area contributed by atoms with Crippen LogP contribution in [0.25, 0.3) is 0 Å². The van der Waals surface area contributed by atoms with Gasteiger partial charge in [0, 0.05) is 11.8 Å². The Balaban J connectivity index is 2.24. The number of rotatable bonds is 3. The molecule has 0 heterocycles. The number of carbonyl (C=O) groups excluding carboxylic acids is 1. The van der Waals surface area contributed by atoms with Crippen LogP contribution < -0.4 is 0 Å². The first-order chi connectivity index (χ1) is 7.29. The highest BCUT2D eigenvalue weighted by molar-refractivity contribution is 5.89. The predicted molar refractivity (Wildman–Crippen MR) is 62.8 cm³/mol. The smallest absolute Gasteiger partial charge is 0.143 e. The third-order valence-corrected chi connectivity index (χ3v) is 4.12. The maximum Gasteiger partial charge on any atom is 0.143 e. The monoisotopic (exact) mass is 206 g/mol. The Hall–Kier alpha value is -0.590. The van der Waals surface area contributed by atoms with Crippen molar-refractivity contribution in [2.75, 3.05) is 0 Å². The molecular weight excluding hydrogens is 184 g/mol. The molecule has 15 heavy (non-hydrogen) atoms. The fourth-order valence-electron chi connectivity index (χ4n) is 3.39.